The van der Waals surface area contributed by atoms with E-state index in [0.29, 0.717) is 5.69 Å². The molecule has 0 bridgehead atoms. The number of rotatable bonds is 14. The van der Waals surface area contributed by atoms with Crippen LogP contribution in [-0.2, 0) is 35.2 Å². The van der Waals surface area contributed by atoms with E-state index in [9.17, 15) is 28.8 Å². The Bertz CT molecular complexity index is 842. The number of nitrogens with zero attached hydrogens (tertiary/aromatic N) is 1. The number of hydrogen-bond acceptors (Lipinski definition) is 8. The molecule has 1 aromatic rings. The predicted molar refractivity (Wildman–Crippen MR) is 107 cm³/mol. The minimum Gasteiger partial charge on any atom is -0.480 e. The van der Waals surface area contributed by atoms with Gasteiger partial charge in [-0.3, -0.25) is 28.8 Å². The second-order valence-corrected chi connectivity index (χ2v) is 6.80. The van der Waals surface area contributed by atoms with Gasteiger partial charge >= 0.3 is 5.97 Å². The summed E-state index contributed by atoms with van der Waals surface area (Å²) in [6.45, 7) is -0.743. The summed E-state index contributed by atoms with van der Waals surface area (Å²) in [4.78, 5) is 76.7. The maximum atomic E-state index is 12.8. The van der Waals surface area contributed by atoms with Gasteiger partial charge in [0.05, 0.1) is 18.8 Å². The third-order valence-electron chi connectivity index (χ3n) is 4.10. The Balaban J connectivity index is 2.94. The van der Waals surface area contributed by atoms with Crippen LogP contribution in [0, 0.1) is 0 Å². The van der Waals surface area contributed by atoms with Gasteiger partial charge in [0.25, 0.3) is 0 Å². The molecule has 32 heavy (non-hydrogen) atoms. The highest BCUT2D eigenvalue weighted by Gasteiger charge is 2.29. The van der Waals surface area contributed by atoms with Crippen molar-refractivity contribution in [1.82, 2.24) is 25.9 Å². The Hall–Kier alpha value is -4.01. The van der Waals surface area contributed by atoms with E-state index >= 15 is 0 Å². The highest BCUT2D eigenvalue weighted by molar-refractivity contribution is 5.95. The third kappa shape index (κ3) is 9.66. The molecule has 3 atom stereocenters. The van der Waals surface area contributed by atoms with Gasteiger partial charge in [0.15, 0.2) is 0 Å². The first-order valence-corrected chi connectivity index (χ1v) is 9.39. The molecule has 0 aliphatic heterocycles. The Labute approximate surface area is 181 Å². The molecular weight excluding hydrogens is 428 g/mol. The molecule has 1 heterocycles. The summed E-state index contributed by atoms with van der Waals surface area (Å²) in [5.74, 6) is -5.49. The van der Waals surface area contributed by atoms with Gasteiger partial charge in [-0.2, -0.15) is 0 Å². The van der Waals surface area contributed by atoms with Crippen molar-refractivity contribution in [1.29, 1.82) is 0 Å². The lowest BCUT2D eigenvalue weighted by atomic mass is 10.1. The number of aromatic amines is 1. The van der Waals surface area contributed by atoms with Gasteiger partial charge in [-0.25, -0.2) is 4.98 Å². The molecule has 5 amide bonds. The van der Waals surface area contributed by atoms with Crippen LogP contribution < -0.4 is 33.2 Å². The number of nitrogens with two attached hydrogens (primary N) is 3. The number of carbonyl (C=O) groups excluding carboxylic acids is 5. The third-order valence-corrected chi connectivity index (χ3v) is 4.10. The molecule has 1 aromatic heterocycles. The Morgan fingerprint density at radius 3 is 2.19 bits per heavy atom. The summed E-state index contributed by atoms with van der Waals surface area (Å²) in [6.07, 6.45) is 1.86. The van der Waals surface area contributed by atoms with Crippen molar-refractivity contribution in [3.63, 3.8) is 0 Å². The Morgan fingerprint density at radius 1 is 1.00 bits per heavy atom. The number of aliphatic carboxylic acids is 1. The highest BCUT2D eigenvalue weighted by atomic mass is 16.4. The largest absolute Gasteiger partial charge is 0.480 e. The molecule has 1 rings (SSSR count). The zero-order chi connectivity index (χ0) is 24.3. The van der Waals surface area contributed by atoms with Crippen molar-refractivity contribution >= 4 is 35.5 Å². The number of primary amides is 2. The second kappa shape index (κ2) is 12.6. The van der Waals surface area contributed by atoms with E-state index in [1.165, 1.54) is 12.5 Å². The number of carbonyl (C=O) groups is 6. The first kappa shape index (κ1) is 26.0. The van der Waals surface area contributed by atoms with E-state index < -0.39 is 66.6 Å². The summed E-state index contributed by atoms with van der Waals surface area (Å²) in [5.41, 5.74) is 16.3. The maximum absolute atomic E-state index is 12.8. The maximum Gasteiger partial charge on any atom is 0.322 e. The van der Waals surface area contributed by atoms with Gasteiger partial charge in [0.1, 0.15) is 18.6 Å². The number of H-pyrrole nitrogens is 1. The lowest BCUT2D eigenvalue weighted by Crippen LogP contribution is -2.57. The number of hydrogen-bond donors (Lipinski definition) is 8. The van der Waals surface area contributed by atoms with Crippen molar-refractivity contribution in [2.45, 2.75) is 43.8 Å². The van der Waals surface area contributed by atoms with E-state index in [1.807, 2.05) is 5.32 Å². The van der Waals surface area contributed by atoms with E-state index in [0.717, 1.165) is 0 Å². The van der Waals surface area contributed by atoms with Crippen molar-refractivity contribution in [2.24, 2.45) is 17.2 Å². The first-order chi connectivity index (χ1) is 15.0. The Morgan fingerprint density at radius 2 is 1.66 bits per heavy atom. The fourth-order valence-electron chi connectivity index (χ4n) is 2.50. The standard InChI is InChI=1S/C17H26N8O7/c18-9(1-2-12(19)26)15(30)24-10(3-8-5-21-7-23-8)17(32)25-11(4-13(20)27)16(31)22-6-14(28)29/h5,7,9-11H,1-4,6,18H2,(H2,19,26)(H2,20,27)(H,21,23)(H,22,31)(H,24,30)(H,25,32)(H,28,29). The molecule has 15 heteroatoms. The summed E-state index contributed by atoms with van der Waals surface area (Å²) in [5, 5.41) is 15.4. The molecule has 0 saturated carbocycles. The van der Waals surface area contributed by atoms with Gasteiger partial charge in [-0.1, -0.05) is 0 Å². The monoisotopic (exact) mass is 454 g/mol. The van der Waals surface area contributed by atoms with Gasteiger partial charge < -0.3 is 43.2 Å². The van der Waals surface area contributed by atoms with Crippen LogP contribution >= 0.6 is 0 Å². The molecule has 0 saturated heterocycles. The molecular formula is C17H26N8O7. The number of nitrogens with one attached hydrogen (secondary N) is 4. The van der Waals surface area contributed by atoms with Crippen LogP contribution in [0.3, 0.4) is 0 Å². The molecule has 0 aliphatic carbocycles. The second-order valence-electron chi connectivity index (χ2n) is 6.80. The summed E-state index contributed by atoms with van der Waals surface area (Å²) >= 11 is 0. The summed E-state index contributed by atoms with van der Waals surface area (Å²) < 4.78 is 0. The van der Waals surface area contributed by atoms with E-state index in [2.05, 4.69) is 20.6 Å². The Kier molecular flexibility index (Phi) is 10.3. The van der Waals surface area contributed by atoms with Gasteiger partial charge in [-0.05, 0) is 6.42 Å². The van der Waals surface area contributed by atoms with Crippen molar-refractivity contribution in [2.75, 3.05) is 6.54 Å². The molecule has 0 radical (unpaired) electrons. The number of imidazole rings is 1. The number of amides is 5. The molecule has 0 fully saturated rings. The van der Waals surface area contributed by atoms with Crippen LogP contribution in [0.25, 0.3) is 0 Å². The quantitative estimate of drug-likeness (QED) is 0.135. The average molecular weight is 454 g/mol. The van der Waals surface area contributed by atoms with E-state index in [-0.39, 0.29) is 19.3 Å². The fraction of sp³-hybridized carbons (Fsp3) is 0.471. The molecule has 15 nitrogen and oxygen atoms in total. The molecule has 0 aromatic carbocycles. The highest BCUT2D eigenvalue weighted by Crippen LogP contribution is 2.03. The lowest BCUT2D eigenvalue weighted by Gasteiger charge is -2.23. The SMILES string of the molecule is NC(=O)CCC(N)C(=O)NC(Cc1cnc[nH]1)C(=O)NC(CC(N)=O)C(=O)NCC(=O)O. The smallest absolute Gasteiger partial charge is 0.322 e. The predicted octanol–water partition coefficient (Wildman–Crippen LogP) is -4.41. The van der Waals surface area contributed by atoms with E-state index in [4.69, 9.17) is 22.3 Å². The number of carboxylic acid groups (broad SMARTS) is 1. The van der Waals surface area contributed by atoms with Crippen LogP contribution in [0.15, 0.2) is 12.5 Å². The lowest BCUT2D eigenvalue weighted by molar-refractivity contribution is -0.138. The molecule has 11 N–H and O–H groups in total. The first-order valence-electron chi connectivity index (χ1n) is 9.39. The molecule has 3 unspecified atom stereocenters. The molecule has 0 aliphatic rings. The van der Waals surface area contributed by atoms with Crippen molar-refractivity contribution < 1.29 is 33.9 Å². The van der Waals surface area contributed by atoms with Crippen LogP contribution in [0.2, 0.25) is 0 Å². The van der Waals surface area contributed by atoms with Crippen LogP contribution in [-0.4, -0.2) is 75.2 Å². The summed E-state index contributed by atoms with van der Waals surface area (Å²) in [7, 11) is 0. The normalized spacial score (nSPS) is 13.3. The zero-order valence-corrected chi connectivity index (χ0v) is 17.0. The number of carboxylic acids is 1. The van der Waals surface area contributed by atoms with Crippen LogP contribution in [0.5, 0.6) is 0 Å². The van der Waals surface area contributed by atoms with Crippen LogP contribution in [0.1, 0.15) is 25.0 Å². The van der Waals surface area contributed by atoms with Gasteiger partial charge in [-0.15, -0.1) is 0 Å². The minimum absolute atomic E-state index is 0.0541. The minimum atomic E-state index is -1.48. The van der Waals surface area contributed by atoms with Crippen LogP contribution in [0.4, 0.5) is 0 Å². The summed E-state index contributed by atoms with van der Waals surface area (Å²) in [6, 6.07) is -3.88. The average Bonchev–Trinajstić information content (AvgIpc) is 3.21. The molecule has 176 valence electrons. The van der Waals surface area contributed by atoms with E-state index in [1.54, 1.807) is 0 Å². The van der Waals surface area contributed by atoms with Crippen molar-refractivity contribution in [3.05, 3.63) is 18.2 Å². The number of aromatic nitrogens is 2. The molecule has 0 spiro atoms. The fourth-order valence-corrected chi connectivity index (χ4v) is 2.50. The zero-order valence-electron chi connectivity index (χ0n) is 17.0. The van der Waals surface area contributed by atoms with Gasteiger partial charge in [0.2, 0.25) is 29.5 Å². The topological polar surface area (TPSA) is 265 Å². The van der Waals surface area contributed by atoms with Gasteiger partial charge in [0, 0.05) is 24.7 Å². The van der Waals surface area contributed by atoms with Crippen molar-refractivity contribution in [3.8, 4) is 0 Å².